The third kappa shape index (κ3) is 3.75. The minimum atomic E-state index is -1.59. The molecular formula is C12H17BFNO5. The third-order valence-corrected chi connectivity index (χ3v) is 3.28. The molecule has 0 saturated carbocycles. The molecule has 1 aromatic carbocycles. The van der Waals surface area contributed by atoms with Crippen molar-refractivity contribution in [2.24, 2.45) is 0 Å². The van der Waals surface area contributed by atoms with Crippen molar-refractivity contribution in [1.82, 2.24) is 0 Å². The van der Waals surface area contributed by atoms with Gasteiger partial charge in [0.25, 0.3) is 5.69 Å². The van der Waals surface area contributed by atoms with Crippen LogP contribution in [0.15, 0.2) is 18.2 Å². The molecule has 0 fully saturated rings. The Bertz CT molecular complexity index is 515. The monoisotopic (exact) mass is 285 g/mol. The first kappa shape index (κ1) is 16.5. The van der Waals surface area contributed by atoms with Gasteiger partial charge in [0.15, 0.2) is 0 Å². The molecule has 0 unspecified atom stereocenters. The minimum Gasteiger partial charge on any atom is -0.423 e. The van der Waals surface area contributed by atoms with E-state index in [1.807, 2.05) is 0 Å². The van der Waals surface area contributed by atoms with E-state index in [2.05, 4.69) is 0 Å². The van der Waals surface area contributed by atoms with E-state index < -0.39 is 34.7 Å². The van der Waals surface area contributed by atoms with Crippen LogP contribution in [0.4, 0.5) is 10.1 Å². The fourth-order valence-corrected chi connectivity index (χ4v) is 1.34. The number of rotatable bonds is 5. The standard InChI is InChI=1S/C12H17BFNO5/c1-11(2,16)12(3,4)20-13(17)8-5-9(14)7-10(6-8)15(18)19/h5-7,16-17H,1-4H3. The molecule has 0 heterocycles. The van der Waals surface area contributed by atoms with Crippen LogP contribution in [0.1, 0.15) is 27.7 Å². The fourth-order valence-electron chi connectivity index (χ4n) is 1.34. The number of nitro groups is 1. The van der Waals surface area contributed by atoms with Crippen molar-refractivity contribution in [2.45, 2.75) is 38.9 Å². The smallest absolute Gasteiger partial charge is 0.423 e. The first-order chi connectivity index (χ1) is 8.94. The van der Waals surface area contributed by atoms with Gasteiger partial charge in [-0.1, -0.05) is 0 Å². The molecule has 8 heteroatoms. The summed E-state index contributed by atoms with van der Waals surface area (Å²) in [5, 5.41) is 30.5. The van der Waals surface area contributed by atoms with Crippen LogP contribution in [-0.2, 0) is 4.65 Å². The van der Waals surface area contributed by atoms with Gasteiger partial charge in [-0.15, -0.1) is 0 Å². The molecule has 0 aliphatic carbocycles. The number of nitro benzene ring substituents is 1. The maximum absolute atomic E-state index is 13.3. The topological polar surface area (TPSA) is 92.8 Å². The summed E-state index contributed by atoms with van der Waals surface area (Å²) in [6.07, 6.45) is 0. The van der Waals surface area contributed by atoms with E-state index in [9.17, 15) is 24.6 Å². The van der Waals surface area contributed by atoms with Gasteiger partial charge in [0.1, 0.15) is 5.82 Å². The zero-order valence-electron chi connectivity index (χ0n) is 11.8. The van der Waals surface area contributed by atoms with Gasteiger partial charge in [0.05, 0.1) is 22.2 Å². The molecule has 0 amide bonds. The number of benzene rings is 1. The fraction of sp³-hybridized carbons (Fsp3) is 0.500. The second kappa shape index (κ2) is 5.47. The lowest BCUT2D eigenvalue weighted by atomic mass is 9.76. The molecule has 0 aliphatic rings. The lowest BCUT2D eigenvalue weighted by Crippen LogP contribution is -2.53. The van der Waals surface area contributed by atoms with Crippen molar-refractivity contribution in [3.63, 3.8) is 0 Å². The van der Waals surface area contributed by atoms with Crippen molar-refractivity contribution in [3.05, 3.63) is 34.1 Å². The first-order valence-electron chi connectivity index (χ1n) is 5.97. The van der Waals surface area contributed by atoms with Crippen LogP contribution in [0.5, 0.6) is 0 Å². The molecule has 0 bridgehead atoms. The second-order valence-electron chi connectivity index (χ2n) is 5.54. The van der Waals surface area contributed by atoms with Crippen molar-refractivity contribution in [3.8, 4) is 0 Å². The normalized spacial score (nSPS) is 12.3. The highest BCUT2D eigenvalue weighted by Gasteiger charge is 2.39. The maximum Gasteiger partial charge on any atom is 0.491 e. The summed E-state index contributed by atoms with van der Waals surface area (Å²) in [7, 11) is -1.59. The van der Waals surface area contributed by atoms with Gasteiger partial charge in [-0.2, -0.15) is 0 Å². The van der Waals surface area contributed by atoms with Crippen LogP contribution < -0.4 is 5.46 Å². The number of hydrogen-bond acceptors (Lipinski definition) is 5. The van der Waals surface area contributed by atoms with Crippen LogP contribution in [-0.4, -0.2) is 33.4 Å². The van der Waals surface area contributed by atoms with Crippen molar-refractivity contribution in [1.29, 1.82) is 0 Å². The van der Waals surface area contributed by atoms with E-state index in [0.717, 1.165) is 18.2 Å². The third-order valence-electron chi connectivity index (χ3n) is 3.28. The maximum atomic E-state index is 13.3. The molecule has 6 nitrogen and oxygen atoms in total. The molecule has 0 radical (unpaired) electrons. The minimum absolute atomic E-state index is 0.0889. The molecule has 110 valence electrons. The Hall–Kier alpha value is -1.51. The largest absolute Gasteiger partial charge is 0.491 e. The predicted molar refractivity (Wildman–Crippen MR) is 72.1 cm³/mol. The Kier molecular flexibility index (Phi) is 4.53. The summed E-state index contributed by atoms with van der Waals surface area (Å²) in [6.45, 7) is 6.08. The molecule has 20 heavy (non-hydrogen) atoms. The molecule has 0 aromatic heterocycles. The zero-order valence-corrected chi connectivity index (χ0v) is 11.8. The first-order valence-corrected chi connectivity index (χ1v) is 5.97. The highest BCUT2D eigenvalue weighted by Crippen LogP contribution is 2.25. The van der Waals surface area contributed by atoms with Gasteiger partial charge in [-0.25, -0.2) is 4.39 Å². The lowest BCUT2D eigenvalue weighted by Gasteiger charge is -2.38. The summed E-state index contributed by atoms with van der Waals surface area (Å²) >= 11 is 0. The van der Waals surface area contributed by atoms with E-state index in [0.29, 0.717) is 0 Å². The van der Waals surface area contributed by atoms with Crippen molar-refractivity contribution >= 4 is 18.3 Å². The molecule has 0 atom stereocenters. The molecule has 1 rings (SSSR count). The number of aliphatic hydroxyl groups is 1. The molecule has 0 spiro atoms. The van der Waals surface area contributed by atoms with E-state index >= 15 is 0 Å². The van der Waals surface area contributed by atoms with Crippen LogP contribution in [0.3, 0.4) is 0 Å². The number of nitrogens with zero attached hydrogens (tertiary/aromatic N) is 1. The predicted octanol–water partition coefficient (Wildman–Crippen LogP) is 0.987. The van der Waals surface area contributed by atoms with Crippen LogP contribution >= 0.6 is 0 Å². The van der Waals surface area contributed by atoms with Crippen molar-refractivity contribution in [2.75, 3.05) is 0 Å². The van der Waals surface area contributed by atoms with E-state index in [-0.39, 0.29) is 5.46 Å². The molecular weight excluding hydrogens is 268 g/mol. The highest BCUT2D eigenvalue weighted by molar-refractivity contribution is 6.60. The van der Waals surface area contributed by atoms with Gasteiger partial charge in [0, 0.05) is 6.07 Å². The summed E-state index contributed by atoms with van der Waals surface area (Å²) in [5.41, 5.74) is -2.99. The van der Waals surface area contributed by atoms with E-state index in [4.69, 9.17) is 4.65 Å². The number of non-ortho nitro benzene ring substituents is 1. The van der Waals surface area contributed by atoms with Gasteiger partial charge >= 0.3 is 7.12 Å². The molecule has 2 N–H and O–H groups in total. The second-order valence-corrected chi connectivity index (χ2v) is 5.54. The highest BCUT2D eigenvalue weighted by atomic mass is 19.1. The molecule has 0 saturated heterocycles. The molecule has 0 aliphatic heterocycles. The van der Waals surface area contributed by atoms with Gasteiger partial charge in [-0.3, -0.25) is 10.1 Å². The average molecular weight is 285 g/mol. The molecule has 1 aromatic rings. The van der Waals surface area contributed by atoms with Crippen LogP contribution in [0, 0.1) is 15.9 Å². The van der Waals surface area contributed by atoms with Crippen molar-refractivity contribution < 1.29 is 24.1 Å². The van der Waals surface area contributed by atoms with E-state index in [1.165, 1.54) is 13.8 Å². The quantitative estimate of drug-likeness (QED) is 0.478. The van der Waals surface area contributed by atoms with Gasteiger partial charge < -0.3 is 14.8 Å². The Morgan fingerprint density at radius 1 is 1.30 bits per heavy atom. The Labute approximate surface area is 116 Å². The van der Waals surface area contributed by atoms with Gasteiger partial charge in [-0.05, 0) is 39.2 Å². The number of halogens is 1. The Morgan fingerprint density at radius 2 is 1.85 bits per heavy atom. The summed E-state index contributed by atoms with van der Waals surface area (Å²) in [4.78, 5) is 9.89. The number of hydrogen-bond donors (Lipinski definition) is 2. The Morgan fingerprint density at radius 3 is 2.30 bits per heavy atom. The summed E-state index contributed by atoms with van der Waals surface area (Å²) in [6, 6.07) is 2.71. The Balaban J connectivity index is 3.04. The SMILES string of the molecule is CC(C)(O)C(C)(C)OB(O)c1cc(F)cc([N+](=O)[O-])c1. The zero-order chi connectivity index (χ0) is 15.7. The lowest BCUT2D eigenvalue weighted by molar-refractivity contribution is -0.385. The summed E-state index contributed by atoms with van der Waals surface area (Å²) < 4.78 is 18.6. The summed E-state index contributed by atoms with van der Waals surface area (Å²) in [5.74, 6) is -0.849. The van der Waals surface area contributed by atoms with Crippen LogP contribution in [0.25, 0.3) is 0 Å². The van der Waals surface area contributed by atoms with Crippen LogP contribution in [0.2, 0.25) is 0 Å². The van der Waals surface area contributed by atoms with E-state index in [1.54, 1.807) is 13.8 Å². The van der Waals surface area contributed by atoms with Gasteiger partial charge in [0.2, 0.25) is 0 Å². The average Bonchev–Trinajstić information content (AvgIpc) is 2.25.